The number of carboxylic acid groups (broad SMARTS) is 1. The van der Waals surface area contributed by atoms with Gasteiger partial charge < -0.3 is 20.9 Å². The van der Waals surface area contributed by atoms with Crippen molar-refractivity contribution in [1.29, 1.82) is 0 Å². The molecule has 7 heteroatoms. The first-order valence-electron chi connectivity index (χ1n) is 6.03. The minimum absolute atomic E-state index is 0.231. The summed E-state index contributed by atoms with van der Waals surface area (Å²) >= 11 is 1.26. The molecule has 0 saturated carbocycles. The van der Waals surface area contributed by atoms with Gasteiger partial charge in [0, 0.05) is 16.6 Å². The van der Waals surface area contributed by atoms with E-state index in [-0.39, 0.29) is 5.56 Å². The van der Waals surface area contributed by atoms with Crippen molar-refractivity contribution in [2.45, 2.75) is 6.04 Å². The molecule has 21 heavy (non-hydrogen) atoms. The van der Waals surface area contributed by atoms with Gasteiger partial charge in [-0.3, -0.25) is 4.79 Å². The molecular weight excluding hydrogens is 292 g/mol. The van der Waals surface area contributed by atoms with E-state index in [1.54, 1.807) is 23.6 Å². The standard InChI is InChI=1S/C14H14N2O4S/c1-20-10-7-8(15)4-5-9(10)13(17)16-12(14(18)19)11-3-2-6-21-11/h2-7,12H,15H2,1H3,(H,16,17)(H,18,19). The molecule has 110 valence electrons. The van der Waals surface area contributed by atoms with Crippen LogP contribution in [0.4, 0.5) is 5.69 Å². The summed E-state index contributed by atoms with van der Waals surface area (Å²) in [7, 11) is 1.42. The van der Waals surface area contributed by atoms with Crippen LogP contribution in [0.2, 0.25) is 0 Å². The number of aliphatic carboxylic acids is 1. The van der Waals surface area contributed by atoms with Gasteiger partial charge in [0.2, 0.25) is 0 Å². The Kier molecular flexibility index (Phi) is 4.44. The fraction of sp³-hybridized carbons (Fsp3) is 0.143. The number of carboxylic acids is 1. The number of benzene rings is 1. The highest BCUT2D eigenvalue weighted by Crippen LogP contribution is 2.24. The Labute approximate surface area is 125 Å². The van der Waals surface area contributed by atoms with Crippen LogP contribution in [0.5, 0.6) is 5.75 Å². The zero-order chi connectivity index (χ0) is 15.4. The fourth-order valence-electron chi connectivity index (χ4n) is 1.81. The van der Waals surface area contributed by atoms with Crippen LogP contribution in [0.15, 0.2) is 35.7 Å². The predicted octanol–water partition coefficient (Wildman–Crippen LogP) is 1.89. The van der Waals surface area contributed by atoms with Crippen molar-refractivity contribution >= 4 is 28.9 Å². The summed E-state index contributed by atoms with van der Waals surface area (Å²) in [5.41, 5.74) is 6.31. The van der Waals surface area contributed by atoms with Gasteiger partial charge in [0.05, 0.1) is 12.7 Å². The van der Waals surface area contributed by atoms with Crippen molar-refractivity contribution in [2.24, 2.45) is 0 Å². The molecule has 0 bridgehead atoms. The second kappa shape index (κ2) is 6.27. The maximum absolute atomic E-state index is 12.3. The van der Waals surface area contributed by atoms with E-state index in [2.05, 4.69) is 5.32 Å². The number of carbonyl (C=O) groups is 2. The number of hydrogen-bond acceptors (Lipinski definition) is 5. The Morgan fingerprint density at radius 2 is 2.14 bits per heavy atom. The highest BCUT2D eigenvalue weighted by molar-refractivity contribution is 7.10. The van der Waals surface area contributed by atoms with Gasteiger partial charge >= 0.3 is 5.97 Å². The lowest BCUT2D eigenvalue weighted by atomic mass is 10.1. The fourth-order valence-corrected chi connectivity index (χ4v) is 2.58. The number of rotatable bonds is 5. The Hall–Kier alpha value is -2.54. The Bertz CT molecular complexity index is 655. The van der Waals surface area contributed by atoms with E-state index in [4.69, 9.17) is 10.5 Å². The number of anilines is 1. The lowest BCUT2D eigenvalue weighted by Crippen LogP contribution is -2.33. The van der Waals surface area contributed by atoms with E-state index in [1.165, 1.54) is 30.6 Å². The van der Waals surface area contributed by atoms with Gasteiger partial charge in [0.25, 0.3) is 5.91 Å². The average molecular weight is 306 g/mol. The molecule has 0 saturated heterocycles. The largest absolute Gasteiger partial charge is 0.496 e. The maximum atomic E-state index is 12.3. The quantitative estimate of drug-likeness (QED) is 0.732. The van der Waals surface area contributed by atoms with Crippen LogP contribution in [0.1, 0.15) is 21.3 Å². The number of methoxy groups -OCH3 is 1. The molecule has 0 spiro atoms. The van der Waals surface area contributed by atoms with Crippen LogP contribution in [-0.4, -0.2) is 24.1 Å². The summed E-state index contributed by atoms with van der Waals surface area (Å²) in [6.07, 6.45) is 0. The molecule has 4 N–H and O–H groups in total. The average Bonchev–Trinajstić information content (AvgIpc) is 2.97. The number of nitrogen functional groups attached to an aromatic ring is 1. The molecule has 0 aliphatic heterocycles. The third kappa shape index (κ3) is 3.32. The Morgan fingerprint density at radius 1 is 1.38 bits per heavy atom. The topological polar surface area (TPSA) is 102 Å². The van der Waals surface area contributed by atoms with Crippen LogP contribution in [0, 0.1) is 0 Å². The third-order valence-electron chi connectivity index (χ3n) is 2.82. The normalized spacial score (nSPS) is 11.7. The van der Waals surface area contributed by atoms with Gasteiger partial charge in [0.15, 0.2) is 6.04 Å². The first kappa shape index (κ1) is 14.9. The van der Waals surface area contributed by atoms with E-state index < -0.39 is 17.9 Å². The van der Waals surface area contributed by atoms with Gasteiger partial charge in [-0.15, -0.1) is 11.3 Å². The third-order valence-corrected chi connectivity index (χ3v) is 3.76. The Morgan fingerprint density at radius 3 is 2.71 bits per heavy atom. The minimum Gasteiger partial charge on any atom is -0.496 e. The van der Waals surface area contributed by atoms with Crippen molar-refractivity contribution in [2.75, 3.05) is 12.8 Å². The van der Waals surface area contributed by atoms with E-state index in [0.717, 1.165) is 0 Å². The molecule has 1 heterocycles. The van der Waals surface area contributed by atoms with Crippen molar-refractivity contribution in [1.82, 2.24) is 5.32 Å². The zero-order valence-electron chi connectivity index (χ0n) is 11.2. The summed E-state index contributed by atoms with van der Waals surface area (Å²) in [5.74, 6) is -1.37. The first-order chi connectivity index (χ1) is 10.0. The van der Waals surface area contributed by atoms with E-state index in [0.29, 0.717) is 16.3 Å². The van der Waals surface area contributed by atoms with Gasteiger partial charge in [0.1, 0.15) is 5.75 Å². The van der Waals surface area contributed by atoms with Crippen molar-refractivity contribution < 1.29 is 19.4 Å². The second-order valence-electron chi connectivity index (χ2n) is 4.22. The molecule has 0 aliphatic rings. The number of thiophene rings is 1. The van der Waals surface area contributed by atoms with Crippen LogP contribution < -0.4 is 15.8 Å². The number of ether oxygens (including phenoxy) is 1. The second-order valence-corrected chi connectivity index (χ2v) is 5.20. The van der Waals surface area contributed by atoms with Crippen LogP contribution >= 0.6 is 11.3 Å². The molecule has 1 atom stereocenters. The number of carbonyl (C=O) groups excluding carboxylic acids is 1. The highest BCUT2D eigenvalue weighted by Gasteiger charge is 2.24. The van der Waals surface area contributed by atoms with Gasteiger partial charge in [-0.25, -0.2) is 4.79 Å². The SMILES string of the molecule is COc1cc(N)ccc1C(=O)NC(C(=O)O)c1cccs1. The first-order valence-corrected chi connectivity index (χ1v) is 6.91. The van der Waals surface area contributed by atoms with Crippen LogP contribution in [0.25, 0.3) is 0 Å². The van der Waals surface area contributed by atoms with Crippen molar-refractivity contribution in [3.8, 4) is 5.75 Å². The maximum Gasteiger partial charge on any atom is 0.331 e. The zero-order valence-corrected chi connectivity index (χ0v) is 12.0. The summed E-state index contributed by atoms with van der Waals surface area (Å²) in [5, 5.41) is 13.5. The summed E-state index contributed by atoms with van der Waals surface area (Å²) < 4.78 is 5.09. The van der Waals surface area contributed by atoms with Gasteiger partial charge in [-0.1, -0.05) is 6.07 Å². The van der Waals surface area contributed by atoms with Gasteiger partial charge in [-0.05, 0) is 23.6 Å². The molecule has 2 aromatic rings. The lowest BCUT2D eigenvalue weighted by Gasteiger charge is -2.14. The molecule has 0 radical (unpaired) electrons. The highest BCUT2D eigenvalue weighted by atomic mass is 32.1. The number of amides is 1. The summed E-state index contributed by atoms with van der Waals surface area (Å²) in [6.45, 7) is 0. The van der Waals surface area contributed by atoms with Gasteiger partial charge in [-0.2, -0.15) is 0 Å². The summed E-state index contributed by atoms with van der Waals surface area (Å²) in [4.78, 5) is 24.1. The van der Waals surface area contributed by atoms with Crippen molar-refractivity contribution in [3.63, 3.8) is 0 Å². The molecule has 0 aliphatic carbocycles. The molecule has 0 fully saturated rings. The van der Waals surface area contributed by atoms with E-state index >= 15 is 0 Å². The number of hydrogen-bond donors (Lipinski definition) is 3. The van der Waals surface area contributed by atoms with Crippen LogP contribution in [0.3, 0.4) is 0 Å². The van der Waals surface area contributed by atoms with E-state index in [1.807, 2.05) is 0 Å². The Balaban J connectivity index is 2.26. The predicted molar refractivity (Wildman–Crippen MR) is 79.6 cm³/mol. The molecule has 6 nitrogen and oxygen atoms in total. The lowest BCUT2D eigenvalue weighted by molar-refractivity contribution is -0.139. The summed E-state index contributed by atoms with van der Waals surface area (Å²) in [6, 6.07) is 6.85. The number of nitrogens with one attached hydrogen (secondary N) is 1. The minimum atomic E-state index is -1.12. The molecule has 1 unspecified atom stereocenters. The molecule has 1 aromatic carbocycles. The molecule has 1 amide bonds. The monoisotopic (exact) mass is 306 g/mol. The molecular formula is C14H14N2O4S. The van der Waals surface area contributed by atoms with Crippen LogP contribution in [-0.2, 0) is 4.79 Å². The molecule has 1 aromatic heterocycles. The smallest absolute Gasteiger partial charge is 0.331 e. The number of nitrogens with two attached hydrogens (primary N) is 1. The van der Waals surface area contributed by atoms with Crippen molar-refractivity contribution in [3.05, 3.63) is 46.2 Å². The molecule has 2 rings (SSSR count). The van der Waals surface area contributed by atoms with E-state index in [9.17, 15) is 14.7 Å².